The lowest BCUT2D eigenvalue weighted by atomic mass is 10.3. The minimum absolute atomic E-state index is 0. The van der Waals surface area contributed by atoms with Crippen LogP contribution in [0.4, 0.5) is 0 Å². The van der Waals surface area contributed by atoms with E-state index in [1.807, 2.05) is 18.2 Å². The molecule has 0 bridgehead atoms. The summed E-state index contributed by atoms with van der Waals surface area (Å²) < 4.78 is 6.68. The molecule has 3 nitrogen and oxygen atoms in total. The van der Waals surface area contributed by atoms with Gasteiger partial charge in [0.15, 0.2) is 0 Å². The van der Waals surface area contributed by atoms with Crippen molar-refractivity contribution in [1.29, 1.82) is 0 Å². The Labute approximate surface area is 134 Å². The van der Waals surface area contributed by atoms with Gasteiger partial charge in [0.1, 0.15) is 12.4 Å². The summed E-state index contributed by atoms with van der Waals surface area (Å²) in [4.78, 5) is 2.43. The summed E-state index contributed by atoms with van der Waals surface area (Å²) >= 11 is 9.34. The van der Waals surface area contributed by atoms with Gasteiger partial charge in [-0.15, -0.1) is 12.4 Å². The molecule has 0 atom stereocenters. The monoisotopic (exact) mass is 368 g/mol. The quantitative estimate of drug-likeness (QED) is 0.881. The zero-order valence-corrected chi connectivity index (χ0v) is 13.9. The van der Waals surface area contributed by atoms with Crippen molar-refractivity contribution < 1.29 is 4.74 Å². The maximum atomic E-state index is 5.89. The Hall–Kier alpha value is -0.000000000000000111. The molecule has 0 amide bonds. The Balaban J connectivity index is 0.00000180. The van der Waals surface area contributed by atoms with Crippen LogP contribution in [-0.4, -0.2) is 44.2 Å². The van der Waals surface area contributed by atoms with Crippen LogP contribution in [0.15, 0.2) is 22.7 Å². The van der Waals surface area contributed by atoms with E-state index < -0.39 is 0 Å². The first-order valence-corrected chi connectivity index (χ1v) is 7.44. The maximum absolute atomic E-state index is 5.89. The Morgan fingerprint density at radius 3 is 2.95 bits per heavy atom. The Morgan fingerprint density at radius 2 is 2.16 bits per heavy atom. The fourth-order valence-electron chi connectivity index (χ4n) is 2.00. The molecule has 1 saturated heterocycles. The largest absolute Gasteiger partial charge is 0.491 e. The minimum Gasteiger partial charge on any atom is -0.491 e. The van der Waals surface area contributed by atoms with E-state index in [2.05, 4.69) is 26.1 Å². The predicted octanol–water partition coefficient (Wildman–Crippen LogP) is 3.20. The van der Waals surface area contributed by atoms with Crippen molar-refractivity contribution in [3.8, 4) is 5.75 Å². The summed E-state index contributed by atoms with van der Waals surface area (Å²) in [5.41, 5.74) is 0. The lowest BCUT2D eigenvalue weighted by molar-refractivity contribution is 0.217. The van der Waals surface area contributed by atoms with Gasteiger partial charge in [-0.25, -0.2) is 0 Å². The highest BCUT2D eigenvalue weighted by atomic mass is 79.9. The second-order valence-electron chi connectivity index (χ2n) is 4.37. The molecule has 0 unspecified atom stereocenters. The predicted molar refractivity (Wildman–Crippen MR) is 85.8 cm³/mol. The van der Waals surface area contributed by atoms with Crippen molar-refractivity contribution in [3.63, 3.8) is 0 Å². The van der Waals surface area contributed by atoms with Crippen LogP contribution in [0.25, 0.3) is 0 Å². The second kappa shape index (κ2) is 9.03. The Bertz CT molecular complexity index is 385. The van der Waals surface area contributed by atoms with Crippen molar-refractivity contribution in [2.75, 3.05) is 39.3 Å². The van der Waals surface area contributed by atoms with Crippen LogP contribution in [0.2, 0.25) is 5.02 Å². The van der Waals surface area contributed by atoms with Crippen molar-refractivity contribution in [1.82, 2.24) is 10.2 Å². The molecule has 0 aromatic heterocycles. The summed E-state index contributed by atoms with van der Waals surface area (Å²) in [5.74, 6) is 0.854. The second-order valence-corrected chi connectivity index (χ2v) is 5.66. The van der Waals surface area contributed by atoms with Gasteiger partial charge in [-0.3, -0.25) is 4.90 Å². The molecular weight excluding hydrogens is 351 g/mol. The van der Waals surface area contributed by atoms with Gasteiger partial charge in [-0.1, -0.05) is 11.6 Å². The van der Waals surface area contributed by atoms with E-state index in [0.717, 1.165) is 42.9 Å². The smallest absolute Gasteiger partial charge is 0.133 e. The SMILES string of the molecule is Cl.Clc1ccc(OCCN2CCCNCC2)c(Br)c1. The summed E-state index contributed by atoms with van der Waals surface area (Å²) in [5, 5.41) is 4.11. The van der Waals surface area contributed by atoms with Gasteiger partial charge in [0, 0.05) is 24.7 Å². The zero-order valence-electron chi connectivity index (χ0n) is 10.7. The van der Waals surface area contributed by atoms with E-state index in [9.17, 15) is 0 Å². The van der Waals surface area contributed by atoms with Crippen molar-refractivity contribution >= 4 is 39.9 Å². The van der Waals surface area contributed by atoms with Crippen LogP contribution in [0.5, 0.6) is 5.75 Å². The number of halogens is 3. The van der Waals surface area contributed by atoms with Crippen molar-refractivity contribution in [3.05, 3.63) is 27.7 Å². The average Bonchev–Trinajstić information content (AvgIpc) is 2.60. The highest BCUT2D eigenvalue weighted by Gasteiger charge is 2.08. The van der Waals surface area contributed by atoms with Gasteiger partial charge in [-0.05, 0) is 53.6 Å². The molecule has 1 aliphatic heterocycles. The first-order valence-electron chi connectivity index (χ1n) is 6.26. The number of nitrogens with one attached hydrogen (secondary N) is 1. The van der Waals surface area contributed by atoms with Gasteiger partial charge in [0.25, 0.3) is 0 Å². The summed E-state index contributed by atoms with van der Waals surface area (Å²) in [7, 11) is 0. The molecular formula is C13H19BrCl2N2O. The lowest BCUT2D eigenvalue weighted by Gasteiger charge is -2.19. The van der Waals surface area contributed by atoms with Crippen LogP contribution in [-0.2, 0) is 0 Å². The van der Waals surface area contributed by atoms with E-state index in [4.69, 9.17) is 16.3 Å². The molecule has 1 N–H and O–H groups in total. The standard InChI is InChI=1S/C13H18BrClN2O.ClH/c14-12-10-11(15)2-3-13(12)18-9-8-17-6-1-4-16-5-7-17;/h2-3,10,16H,1,4-9H2;1H. The molecule has 108 valence electrons. The highest BCUT2D eigenvalue weighted by Crippen LogP contribution is 2.27. The van der Waals surface area contributed by atoms with Gasteiger partial charge in [0.2, 0.25) is 0 Å². The molecule has 6 heteroatoms. The molecule has 1 aromatic carbocycles. The van der Waals surface area contributed by atoms with Crippen molar-refractivity contribution in [2.24, 2.45) is 0 Å². The zero-order chi connectivity index (χ0) is 12.8. The highest BCUT2D eigenvalue weighted by molar-refractivity contribution is 9.10. The summed E-state index contributed by atoms with van der Waals surface area (Å²) in [6.45, 7) is 6.13. The van der Waals surface area contributed by atoms with E-state index in [0.29, 0.717) is 11.6 Å². The number of benzene rings is 1. The Morgan fingerprint density at radius 1 is 1.32 bits per heavy atom. The molecule has 2 rings (SSSR count). The Kier molecular flexibility index (Phi) is 8.11. The normalized spacial score (nSPS) is 16.5. The number of hydrogen-bond donors (Lipinski definition) is 1. The molecule has 19 heavy (non-hydrogen) atoms. The maximum Gasteiger partial charge on any atom is 0.133 e. The van der Waals surface area contributed by atoms with E-state index in [1.54, 1.807) is 0 Å². The number of hydrogen-bond acceptors (Lipinski definition) is 3. The van der Waals surface area contributed by atoms with Gasteiger partial charge in [-0.2, -0.15) is 0 Å². The molecule has 0 radical (unpaired) electrons. The molecule has 1 heterocycles. The van der Waals surface area contributed by atoms with Crippen LogP contribution >= 0.6 is 39.9 Å². The third kappa shape index (κ3) is 5.88. The number of nitrogens with zero attached hydrogens (tertiary/aromatic N) is 1. The van der Waals surface area contributed by atoms with Crippen LogP contribution in [0, 0.1) is 0 Å². The molecule has 1 fully saturated rings. The number of rotatable bonds is 4. The number of ether oxygens (including phenoxy) is 1. The molecule has 0 saturated carbocycles. The molecule has 0 spiro atoms. The summed E-state index contributed by atoms with van der Waals surface area (Å²) in [6, 6.07) is 5.60. The fourth-order valence-corrected chi connectivity index (χ4v) is 2.80. The lowest BCUT2D eigenvalue weighted by Crippen LogP contribution is -2.31. The fraction of sp³-hybridized carbons (Fsp3) is 0.538. The van der Waals surface area contributed by atoms with E-state index in [1.165, 1.54) is 6.42 Å². The first kappa shape index (κ1) is 17.1. The van der Waals surface area contributed by atoms with E-state index in [-0.39, 0.29) is 12.4 Å². The summed E-state index contributed by atoms with van der Waals surface area (Å²) in [6.07, 6.45) is 1.21. The van der Waals surface area contributed by atoms with Gasteiger partial charge >= 0.3 is 0 Å². The topological polar surface area (TPSA) is 24.5 Å². The van der Waals surface area contributed by atoms with Crippen LogP contribution in [0.3, 0.4) is 0 Å². The van der Waals surface area contributed by atoms with Gasteiger partial charge in [0.05, 0.1) is 4.47 Å². The molecule has 0 aliphatic carbocycles. The first-order chi connectivity index (χ1) is 8.75. The van der Waals surface area contributed by atoms with E-state index >= 15 is 0 Å². The molecule has 1 aromatic rings. The average molecular weight is 370 g/mol. The van der Waals surface area contributed by atoms with Gasteiger partial charge < -0.3 is 10.1 Å². The third-order valence-corrected chi connectivity index (χ3v) is 3.85. The van der Waals surface area contributed by atoms with Crippen LogP contribution in [0.1, 0.15) is 6.42 Å². The minimum atomic E-state index is 0. The third-order valence-electron chi connectivity index (χ3n) is 2.99. The van der Waals surface area contributed by atoms with Crippen molar-refractivity contribution in [2.45, 2.75) is 6.42 Å². The van der Waals surface area contributed by atoms with Crippen LogP contribution < -0.4 is 10.1 Å². The molecule has 1 aliphatic rings.